The van der Waals surface area contributed by atoms with E-state index < -0.39 is 8.07 Å². The van der Waals surface area contributed by atoms with Crippen LogP contribution in [0.5, 0.6) is 0 Å². The van der Waals surface area contributed by atoms with E-state index in [1.165, 1.54) is 34.4 Å². The topological polar surface area (TPSA) is 20.2 Å². The molecular formula is C24H28OSi. The Morgan fingerprint density at radius 1 is 0.500 bits per heavy atom. The first kappa shape index (κ1) is 18.6. The van der Waals surface area contributed by atoms with Crippen LogP contribution in [0.4, 0.5) is 0 Å². The third-order valence-electron chi connectivity index (χ3n) is 5.26. The van der Waals surface area contributed by atoms with Crippen LogP contribution in [0, 0.1) is 0 Å². The zero-order chi connectivity index (χ0) is 18.1. The Kier molecular flexibility index (Phi) is 6.81. The van der Waals surface area contributed by atoms with Crippen LogP contribution in [0.2, 0.25) is 6.04 Å². The normalized spacial score (nSPS) is 11.4. The second-order valence-electron chi connectivity index (χ2n) is 6.89. The fourth-order valence-electron chi connectivity index (χ4n) is 3.96. The molecule has 0 spiro atoms. The molecule has 0 radical (unpaired) electrons. The third kappa shape index (κ3) is 4.14. The van der Waals surface area contributed by atoms with Crippen LogP contribution in [0.1, 0.15) is 25.7 Å². The number of aliphatic hydroxyl groups excluding tert-OH is 1. The fraction of sp³-hybridized carbons (Fsp3) is 0.250. The molecule has 0 aromatic heterocycles. The highest BCUT2D eigenvalue weighted by Crippen LogP contribution is 2.17. The number of hydrogen-bond acceptors (Lipinski definition) is 1. The Morgan fingerprint density at radius 2 is 0.885 bits per heavy atom. The van der Waals surface area contributed by atoms with E-state index in [4.69, 9.17) is 5.11 Å². The van der Waals surface area contributed by atoms with Crippen molar-refractivity contribution in [3.05, 3.63) is 91.0 Å². The standard InChI is InChI=1S/C24H28OSi/c25-20-12-1-2-13-21-26(22-14-6-3-7-15-22,23-16-8-4-9-17-23)24-18-10-5-11-19-24/h3-11,14-19,25H,1-2,12-13,20-21H2. The molecule has 0 atom stereocenters. The highest BCUT2D eigenvalue weighted by Gasteiger charge is 2.38. The minimum atomic E-state index is -2.05. The Hall–Kier alpha value is -2.16. The highest BCUT2D eigenvalue weighted by atomic mass is 28.3. The molecule has 0 heterocycles. The van der Waals surface area contributed by atoms with Crippen LogP contribution in [-0.2, 0) is 0 Å². The number of benzene rings is 3. The maximum Gasteiger partial charge on any atom is 0.148 e. The molecule has 0 unspecified atom stereocenters. The molecular weight excluding hydrogens is 332 g/mol. The van der Waals surface area contributed by atoms with Crippen LogP contribution >= 0.6 is 0 Å². The molecule has 1 N–H and O–H groups in total. The quantitative estimate of drug-likeness (QED) is 0.350. The van der Waals surface area contributed by atoms with Crippen molar-refractivity contribution >= 4 is 23.6 Å². The summed E-state index contributed by atoms with van der Waals surface area (Å²) in [4.78, 5) is 0. The van der Waals surface area contributed by atoms with Crippen molar-refractivity contribution in [3.8, 4) is 0 Å². The van der Waals surface area contributed by atoms with Gasteiger partial charge in [0.25, 0.3) is 0 Å². The lowest BCUT2D eigenvalue weighted by atomic mass is 10.2. The first-order valence-electron chi connectivity index (χ1n) is 9.65. The molecule has 0 aliphatic rings. The van der Waals surface area contributed by atoms with Crippen LogP contribution in [0.15, 0.2) is 91.0 Å². The molecule has 0 bridgehead atoms. The van der Waals surface area contributed by atoms with Gasteiger partial charge in [-0.2, -0.15) is 0 Å². The predicted molar refractivity (Wildman–Crippen MR) is 114 cm³/mol. The van der Waals surface area contributed by atoms with Gasteiger partial charge in [0.1, 0.15) is 8.07 Å². The largest absolute Gasteiger partial charge is 0.396 e. The minimum absolute atomic E-state index is 0.304. The van der Waals surface area contributed by atoms with Crippen LogP contribution < -0.4 is 15.6 Å². The van der Waals surface area contributed by atoms with E-state index >= 15 is 0 Å². The smallest absolute Gasteiger partial charge is 0.148 e. The first-order chi connectivity index (χ1) is 12.9. The monoisotopic (exact) mass is 360 g/mol. The SMILES string of the molecule is OCCCCCC[Si](c1ccccc1)(c1ccccc1)c1ccccc1. The first-order valence-corrected chi connectivity index (χ1v) is 11.9. The van der Waals surface area contributed by atoms with Gasteiger partial charge in [-0.1, -0.05) is 110 Å². The molecule has 3 aromatic rings. The maximum absolute atomic E-state index is 9.07. The molecule has 0 fully saturated rings. The number of rotatable bonds is 9. The summed E-state index contributed by atoms with van der Waals surface area (Å²) < 4.78 is 0. The molecule has 3 rings (SSSR count). The number of aliphatic hydroxyl groups is 1. The second kappa shape index (κ2) is 9.51. The lowest BCUT2D eigenvalue weighted by molar-refractivity contribution is 0.283. The summed E-state index contributed by atoms with van der Waals surface area (Å²) in [5.74, 6) is 0. The maximum atomic E-state index is 9.07. The molecule has 3 aromatic carbocycles. The van der Waals surface area contributed by atoms with Gasteiger partial charge in [-0.05, 0) is 28.0 Å². The summed E-state index contributed by atoms with van der Waals surface area (Å²) in [7, 11) is -2.05. The lowest BCUT2D eigenvalue weighted by Crippen LogP contribution is -2.66. The predicted octanol–water partition coefficient (Wildman–Crippen LogP) is 3.71. The van der Waals surface area contributed by atoms with Crippen molar-refractivity contribution < 1.29 is 5.11 Å². The summed E-state index contributed by atoms with van der Waals surface area (Å²) >= 11 is 0. The molecule has 0 aliphatic carbocycles. The van der Waals surface area contributed by atoms with Crippen molar-refractivity contribution in [3.63, 3.8) is 0 Å². The Labute approximate surface area is 158 Å². The van der Waals surface area contributed by atoms with Crippen LogP contribution in [-0.4, -0.2) is 19.8 Å². The fourth-order valence-corrected chi connectivity index (χ4v) is 8.89. The summed E-state index contributed by atoms with van der Waals surface area (Å²) in [6.07, 6.45) is 4.41. The van der Waals surface area contributed by atoms with Gasteiger partial charge in [-0.3, -0.25) is 0 Å². The third-order valence-corrected chi connectivity index (χ3v) is 10.3. The average molecular weight is 361 g/mol. The van der Waals surface area contributed by atoms with E-state index in [2.05, 4.69) is 91.0 Å². The van der Waals surface area contributed by atoms with E-state index in [0.29, 0.717) is 6.61 Å². The summed E-state index contributed by atoms with van der Waals surface area (Å²) in [6.45, 7) is 0.304. The Bertz CT molecular complexity index is 659. The van der Waals surface area contributed by atoms with Gasteiger partial charge in [0.2, 0.25) is 0 Å². The van der Waals surface area contributed by atoms with Crippen molar-refractivity contribution in [2.24, 2.45) is 0 Å². The van der Waals surface area contributed by atoms with Gasteiger partial charge in [0.15, 0.2) is 0 Å². The Balaban J connectivity index is 2.06. The van der Waals surface area contributed by atoms with Crippen molar-refractivity contribution in [2.45, 2.75) is 31.7 Å². The molecule has 0 aliphatic heterocycles. The number of hydrogen-bond donors (Lipinski definition) is 1. The minimum Gasteiger partial charge on any atom is -0.396 e. The van der Waals surface area contributed by atoms with E-state index in [1.54, 1.807) is 0 Å². The molecule has 26 heavy (non-hydrogen) atoms. The summed E-state index contributed by atoms with van der Waals surface area (Å²) in [6, 6.07) is 34.5. The van der Waals surface area contributed by atoms with Gasteiger partial charge >= 0.3 is 0 Å². The second-order valence-corrected chi connectivity index (χ2v) is 10.9. The summed E-state index contributed by atoms with van der Waals surface area (Å²) in [5.41, 5.74) is 0. The number of unbranched alkanes of at least 4 members (excludes halogenated alkanes) is 3. The van der Waals surface area contributed by atoms with Crippen molar-refractivity contribution in [1.29, 1.82) is 0 Å². The van der Waals surface area contributed by atoms with Gasteiger partial charge in [0.05, 0.1) is 0 Å². The van der Waals surface area contributed by atoms with E-state index in [9.17, 15) is 0 Å². The summed E-state index contributed by atoms with van der Waals surface area (Å²) in [5, 5.41) is 13.5. The van der Waals surface area contributed by atoms with Crippen LogP contribution in [0.25, 0.3) is 0 Å². The van der Waals surface area contributed by atoms with Crippen LogP contribution in [0.3, 0.4) is 0 Å². The highest BCUT2D eigenvalue weighted by molar-refractivity contribution is 7.11. The van der Waals surface area contributed by atoms with Gasteiger partial charge in [0, 0.05) is 6.61 Å². The van der Waals surface area contributed by atoms with Crippen molar-refractivity contribution in [2.75, 3.05) is 6.61 Å². The van der Waals surface area contributed by atoms with E-state index in [-0.39, 0.29) is 0 Å². The van der Waals surface area contributed by atoms with Gasteiger partial charge < -0.3 is 5.11 Å². The average Bonchev–Trinajstić information content (AvgIpc) is 2.73. The molecule has 0 saturated heterocycles. The van der Waals surface area contributed by atoms with Crippen molar-refractivity contribution in [1.82, 2.24) is 0 Å². The van der Waals surface area contributed by atoms with E-state index in [1.807, 2.05) is 0 Å². The lowest BCUT2D eigenvalue weighted by Gasteiger charge is -2.34. The zero-order valence-corrected chi connectivity index (χ0v) is 16.4. The molecule has 1 nitrogen and oxygen atoms in total. The molecule has 0 saturated carbocycles. The van der Waals surface area contributed by atoms with Gasteiger partial charge in [-0.25, -0.2) is 0 Å². The molecule has 2 heteroatoms. The Morgan fingerprint density at radius 3 is 1.27 bits per heavy atom. The van der Waals surface area contributed by atoms with E-state index in [0.717, 1.165) is 12.8 Å². The zero-order valence-electron chi connectivity index (χ0n) is 15.4. The molecule has 134 valence electrons. The van der Waals surface area contributed by atoms with Gasteiger partial charge in [-0.15, -0.1) is 0 Å². The molecule has 0 amide bonds.